The number of ether oxygens (including phenoxy) is 2. The van der Waals surface area contributed by atoms with Gasteiger partial charge in [0.05, 0.1) is 12.7 Å². The normalized spacial score (nSPS) is 10.5. The van der Waals surface area contributed by atoms with Gasteiger partial charge in [-0.2, -0.15) is 0 Å². The van der Waals surface area contributed by atoms with Crippen LogP contribution >= 0.6 is 27.5 Å². The van der Waals surface area contributed by atoms with Gasteiger partial charge in [-0.1, -0.05) is 39.7 Å². The summed E-state index contributed by atoms with van der Waals surface area (Å²) >= 11 is 9.52. The summed E-state index contributed by atoms with van der Waals surface area (Å²) < 4.78 is 12.3. The molecule has 3 rings (SSSR count). The molecule has 0 fully saturated rings. The molecule has 30 heavy (non-hydrogen) atoms. The van der Waals surface area contributed by atoms with E-state index in [1.807, 2.05) is 43.3 Å². The number of carboxylic acids is 1. The highest BCUT2D eigenvalue weighted by atomic mass is 79.9. The van der Waals surface area contributed by atoms with Crippen LogP contribution in [0.5, 0.6) is 11.5 Å². The van der Waals surface area contributed by atoms with Crippen molar-refractivity contribution in [2.45, 2.75) is 20.1 Å². The quantitative estimate of drug-likeness (QED) is 0.387. The van der Waals surface area contributed by atoms with Gasteiger partial charge in [-0.15, -0.1) is 0 Å². The van der Waals surface area contributed by atoms with Gasteiger partial charge >= 0.3 is 5.97 Å². The van der Waals surface area contributed by atoms with Crippen molar-refractivity contribution in [3.63, 3.8) is 0 Å². The van der Waals surface area contributed by atoms with Crippen molar-refractivity contribution in [1.82, 2.24) is 0 Å². The van der Waals surface area contributed by atoms with Crippen LogP contribution in [0.3, 0.4) is 0 Å². The summed E-state index contributed by atoms with van der Waals surface area (Å²) in [5, 5.41) is 13.1. The number of benzene rings is 3. The second-order valence-electron chi connectivity index (χ2n) is 6.70. The van der Waals surface area contributed by atoms with Crippen LogP contribution in [0, 0.1) is 6.92 Å². The second-order valence-corrected chi connectivity index (χ2v) is 7.99. The summed E-state index contributed by atoms with van der Waals surface area (Å²) in [5.74, 6) is 0.318. The Bertz CT molecular complexity index is 1050. The summed E-state index contributed by atoms with van der Waals surface area (Å²) in [6.07, 6.45) is 0. The first-order valence-corrected chi connectivity index (χ1v) is 10.4. The van der Waals surface area contributed by atoms with Crippen molar-refractivity contribution >= 4 is 39.2 Å². The lowest BCUT2D eigenvalue weighted by molar-refractivity contribution is 0.0697. The predicted octanol–water partition coefficient (Wildman–Crippen LogP) is 6.31. The molecule has 0 aliphatic carbocycles. The summed E-state index contributed by atoms with van der Waals surface area (Å²) in [5.41, 5.74) is 3.98. The highest BCUT2D eigenvalue weighted by Gasteiger charge is 2.12. The van der Waals surface area contributed by atoms with Crippen LogP contribution < -0.4 is 14.8 Å². The Labute approximate surface area is 188 Å². The molecule has 3 aromatic carbocycles. The van der Waals surface area contributed by atoms with E-state index >= 15 is 0 Å². The number of methoxy groups -OCH3 is 1. The van der Waals surface area contributed by atoms with Crippen molar-refractivity contribution in [2.75, 3.05) is 12.4 Å². The number of aryl methyl sites for hydroxylation is 1. The van der Waals surface area contributed by atoms with E-state index < -0.39 is 5.97 Å². The van der Waals surface area contributed by atoms with Crippen LogP contribution in [-0.4, -0.2) is 18.2 Å². The van der Waals surface area contributed by atoms with Crippen LogP contribution in [0.15, 0.2) is 59.1 Å². The first-order valence-electron chi connectivity index (χ1n) is 9.19. The van der Waals surface area contributed by atoms with Crippen molar-refractivity contribution in [2.24, 2.45) is 0 Å². The van der Waals surface area contributed by atoms with Gasteiger partial charge in [0.2, 0.25) is 0 Å². The minimum absolute atomic E-state index is 0.267. The van der Waals surface area contributed by atoms with Gasteiger partial charge in [-0.05, 0) is 66.1 Å². The number of anilines is 1. The molecular weight excluding hydrogens is 470 g/mol. The topological polar surface area (TPSA) is 67.8 Å². The van der Waals surface area contributed by atoms with E-state index in [0.29, 0.717) is 29.7 Å². The molecule has 5 nitrogen and oxygen atoms in total. The summed E-state index contributed by atoms with van der Waals surface area (Å²) in [6.45, 7) is 2.80. The number of carboxylic acid groups (broad SMARTS) is 1. The van der Waals surface area contributed by atoms with Gasteiger partial charge in [0.1, 0.15) is 6.61 Å². The summed E-state index contributed by atoms with van der Waals surface area (Å²) in [6, 6.07) is 16.3. The van der Waals surface area contributed by atoms with Gasteiger partial charge in [0.15, 0.2) is 11.5 Å². The Hall–Kier alpha value is -2.70. The van der Waals surface area contributed by atoms with E-state index in [2.05, 4.69) is 21.2 Å². The smallest absolute Gasteiger partial charge is 0.335 e. The summed E-state index contributed by atoms with van der Waals surface area (Å²) in [4.78, 5) is 11.1. The lowest BCUT2D eigenvalue weighted by Gasteiger charge is -2.16. The SMILES string of the molecule is COc1cc(CNc2ccc(C(=O)O)cc2C)c(Br)cc1OCc1ccc(Cl)cc1. The fraction of sp³-hybridized carbons (Fsp3) is 0.174. The van der Waals surface area contributed by atoms with Gasteiger partial charge in [0, 0.05) is 21.7 Å². The standard InChI is InChI=1S/C23H21BrClNO4/c1-14-9-16(23(27)28)5-8-20(14)26-12-17-10-21(29-2)22(11-19(17)24)30-13-15-3-6-18(25)7-4-15/h3-11,26H,12-13H2,1-2H3,(H,27,28). The maximum absolute atomic E-state index is 11.1. The molecule has 0 aliphatic rings. The minimum Gasteiger partial charge on any atom is -0.493 e. The average molecular weight is 491 g/mol. The number of nitrogens with one attached hydrogen (secondary N) is 1. The van der Waals surface area contributed by atoms with E-state index in [9.17, 15) is 4.79 Å². The zero-order chi connectivity index (χ0) is 21.7. The number of aromatic carboxylic acids is 1. The Balaban J connectivity index is 1.72. The molecule has 0 bridgehead atoms. The molecule has 0 saturated heterocycles. The van der Waals surface area contributed by atoms with Crippen molar-refractivity contribution < 1.29 is 19.4 Å². The van der Waals surface area contributed by atoms with E-state index in [1.165, 1.54) is 0 Å². The lowest BCUT2D eigenvalue weighted by Crippen LogP contribution is -2.05. The maximum atomic E-state index is 11.1. The maximum Gasteiger partial charge on any atom is 0.335 e. The molecular formula is C23H21BrClNO4. The third-order valence-electron chi connectivity index (χ3n) is 4.58. The number of rotatable bonds is 8. The van der Waals surface area contributed by atoms with Gasteiger partial charge in [-0.3, -0.25) is 0 Å². The van der Waals surface area contributed by atoms with E-state index in [1.54, 1.807) is 25.3 Å². The molecule has 0 radical (unpaired) electrons. The van der Waals surface area contributed by atoms with E-state index in [-0.39, 0.29) is 5.56 Å². The van der Waals surface area contributed by atoms with Crippen LogP contribution in [0.2, 0.25) is 5.02 Å². The molecule has 0 spiro atoms. The molecule has 3 aromatic rings. The van der Waals surface area contributed by atoms with Crippen LogP contribution in [-0.2, 0) is 13.2 Å². The zero-order valence-corrected chi connectivity index (χ0v) is 18.9. The van der Waals surface area contributed by atoms with Crippen molar-refractivity contribution in [3.05, 3.63) is 86.3 Å². The minimum atomic E-state index is -0.939. The third kappa shape index (κ3) is 5.46. The van der Waals surface area contributed by atoms with Gasteiger partial charge in [0.25, 0.3) is 0 Å². The predicted molar refractivity (Wildman–Crippen MR) is 122 cm³/mol. The fourth-order valence-electron chi connectivity index (χ4n) is 2.91. The van der Waals surface area contributed by atoms with Crippen molar-refractivity contribution in [1.29, 1.82) is 0 Å². The highest BCUT2D eigenvalue weighted by Crippen LogP contribution is 2.34. The van der Waals surface area contributed by atoms with Crippen LogP contribution in [0.25, 0.3) is 0 Å². The van der Waals surface area contributed by atoms with Crippen LogP contribution in [0.4, 0.5) is 5.69 Å². The Morgan fingerprint density at radius 3 is 2.47 bits per heavy atom. The molecule has 0 heterocycles. The first kappa shape index (κ1) is 22.0. The van der Waals surface area contributed by atoms with Gasteiger partial charge < -0.3 is 19.9 Å². The number of carbonyl (C=O) groups is 1. The van der Waals surface area contributed by atoms with E-state index in [4.69, 9.17) is 26.2 Å². The van der Waals surface area contributed by atoms with Gasteiger partial charge in [-0.25, -0.2) is 4.79 Å². The number of hydrogen-bond acceptors (Lipinski definition) is 4. The summed E-state index contributed by atoms with van der Waals surface area (Å²) in [7, 11) is 1.60. The molecule has 7 heteroatoms. The Kier molecular flexibility index (Phi) is 7.24. The molecule has 0 unspecified atom stereocenters. The van der Waals surface area contributed by atoms with Crippen LogP contribution in [0.1, 0.15) is 27.0 Å². The molecule has 0 amide bonds. The molecule has 156 valence electrons. The Morgan fingerprint density at radius 2 is 1.83 bits per heavy atom. The highest BCUT2D eigenvalue weighted by molar-refractivity contribution is 9.10. The molecule has 0 aromatic heterocycles. The van der Waals surface area contributed by atoms with Crippen molar-refractivity contribution in [3.8, 4) is 11.5 Å². The van der Waals surface area contributed by atoms with E-state index in [0.717, 1.165) is 26.9 Å². The molecule has 0 saturated carbocycles. The Morgan fingerprint density at radius 1 is 1.10 bits per heavy atom. The molecule has 2 N–H and O–H groups in total. The molecule has 0 aliphatic heterocycles. The third-order valence-corrected chi connectivity index (χ3v) is 5.57. The fourth-order valence-corrected chi connectivity index (χ4v) is 3.50. The monoisotopic (exact) mass is 489 g/mol. The number of halogens is 2. The lowest BCUT2D eigenvalue weighted by atomic mass is 10.1. The molecule has 0 atom stereocenters. The first-order chi connectivity index (χ1) is 14.4. The average Bonchev–Trinajstić information content (AvgIpc) is 2.73. The second kappa shape index (κ2) is 9.87. The largest absolute Gasteiger partial charge is 0.493 e. The zero-order valence-electron chi connectivity index (χ0n) is 16.5. The number of hydrogen-bond donors (Lipinski definition) is 2.